The molecule has 1 N–H and O–H groups in total. The predicted molar refractivity (Wildman–Crippen MR) is 66.2 cm³/mol. The maximum Gasteiger partial charge on any atom is 0.340 e. The number of carbonyl (C=O) groups excluding carboxylic acids is 2. The quantitative estimate of drug-likeness (QED) is 0.650. The third kappa shape index (κ3) is 3.19. The number of Topliss-reactive ketones (excluding diaryl/α,β-unsaturated/α-hetero) is 1. The van der Waals surface area contributed by atoms with Gasteiger partial charge in [0.25, 0.3) is 0 Å². The SMILES string of the molecule is COc1ccc(C(=O)OCC(=O)c2ccc[nH]2)cn1. The highest BCUT2D eigenvalue weighted by molar-refractivity contribution is 5.97. The maximum absolute atomic E-state index is 11.7. The number of pyridine rings is 1. The molecule has 2 aromatic rings. The van der Waals surface area contributed by atoms with Gasteiger partial charge in [-0.3, -0.25) is 4.79 Å². The number of aromatic amines is 1. The van der Waals surface area contributed by atoms with Crippen molar-refractivity contribution in [3.63, 3.8) is 0 Å². The Kier molecular flexibility index (Phi) is 3.92. The number of hydrogen-bond donors (Lipinski definition) is 1. The van der Waals surface area contributed by atoms with Crippen molar-refractivity contribution in [1.29, 1.82) is 0 Å². The summed E-state index contributed by atoms with van der Waals surface area (Å²) in [6, 6.07) is 6.38. The maximum atomic E-state index is 11.7. The average Bonchev–Trinajstić information content (AvgIpc) is 2.98. The Morgan fingerprint density at radius 1 is 1.32 bits per heavy atom. The van der Waals surface area contributed by atoms with Crippen molar-refractivity contribution in [2.24, 2.45) is 0 Å². The van der Waals surface area contributed by atoms with Crippen LogP contribution in [0.4, 0.5) is 0 Å². The predicted octanol–water partition coefficient (Wildman–Crippen LogP) is 1.46. The third-order valence-electron chi connectivity index (χ3n) is 2.41. The lowest BCUT2D eigenvalue weighted by atomic mass is 10.3. The molecule has 19 heavy (non-hydrogen) atoms. The van der Waals surface area contributed by atoms with Gasteiger partial charge >= 0.3 is 5.97 Å². The van der Waals surface area contributed by atoms with E-state index >= 15 is 0 Å². The van der Waals surface area contributed by atoms with Gasteiger partial charge in [-0.25, -0.2) is 9.78 Å². The summed E-state index contributed by atoms with van der Waals surface area (Å²) in [5, 5.41) is 0. The van der Waals surface area contributed by atoms with Crippen molar-refractivity contribution in [3.8, 4) is 5.88 Å². The lowest BCUT2D eigenvalue weighted by Crippen LogP contribution is -2.14. The van der Waals surface area contributed by atoms with Gasteiger partial charge in [-0.15, -0.1) is 0 Å². The van der Waals surface area contributed by atoms with Gasteiger partial charge in [0.15, 0.2) is 6.61 Å². The van der Waals surface area contributed by atoms with E-state index in [9.17, 15) is 9.59 Å². The zero-order valence-electron chi connectivity index (χ0n) is 10.3. The molecule has 2 aromatic heterocycles. The van der Waals surface area contributed by atoms with Crippen molar-refractivity contribution in [2.45, 2.75) is 0 Å². The minimum atomic E-state index is -0.602. The van der Waals surface area contributed by atoms with E-state index in [-0.39, 0.29) is 18.0 Å². The minimum absolute atomic E-state index is 0.264. The number of ketones is 1. The molecule has 0 fully saturated rings. The Morgan fingerprint density at radius 2 is 2.16 bits per heavy atom. The Bertz CT molecular complexity index is 561. The highest BCUT2D eigenvalue weighted by Gasteiger charge is 2.12. The van der Waals surface area contributed by atoms with E-state index in [1.54, 1.807) is 24.4 Å². The van der Waals surface area contributed by atoms with Gasteiger partial charge in [-0.05, 0) is 18.2 Å². The van der Waals surface area contributed by atoms with Crippen LogP contribution in [0.1, 0.15) is 20.8 Å². The Labute approximate surface area is 109 Å². The van der Waals surface area contributed by atoms with Crippen molar-refractivity contribution < 1.29 is 19.1 Å². The van der Waals surface area contributed by atoms with Crippen LogP contribution >= 0.6 is 0 Å². The second kappa shape index (κ2) is 5.81. The Hall–Kier alpha value is -2.63. The summed E-state index contributed by atoms with van der Waals surface area (Å²) in [6.45, 7) is -0.314. The summed E-state index contributed by atoms with van der Waals surface area (Å²) in [5.41, 5.74) is 0.667. The number of methoxy groups -OCH3 is 1. The molecule has 0 spiro atoms. The highest BCUT2D eigenvalue weighted by atomic mass is 16.5. The standard InChI is InChI=1S/C13H12N2O4/c1-18-12-5-4-9(7-15-12)13(17)19-8-11(16)10-3-2-6-14-10/h2-7,14H,8H2,1H3. The van der Waals surface area contributed by atoms with Crippen LogP contribution < -0.4 is 4.74 Å². The Morgan fingerprint density at radius 3 is 2.74 bits per heavy atom. The van der Waals surface area contributed by atoms with Crippen LogP contribution in [0.2, 0.25) is 0 Å². The molecule has 0 saturated carbocycles. The summed E-state index contributed by atoms with van der Waals surface area (Å²) < 4.78 is 9.77. The molecule has 6 heteroatoms. The van der Waals surface area contributed by atoms with E-state index < -0.39 is 5.97 Å². The van der Waals surface area contributed by atoms with Crippen LogP contribution in [0.5, 0.6) is 5.88 Å². The van der Waals surface area contributed by atoms with E-state index in [4.69, 9.17) is 9.47 Å². The van der Waals surface area contributed by atoms with E-state index in [1.165, 1.54) is 19.4 Å². The minimum Gasteiger partial charge on any atom is -0.481 e. The summed E-state index contributed by atoms with van der Waals surface area (Å²) >= 11 is 0. The van der Waals surface area contributed by atoms with Gasteiger partial charge in [0, 0.05) is 18.5 Å². The number of carbonyl (C=O) groups is 2. The van der Waals surface area contributed by atoms with Gasteiger partial charge in [0.2, 0.25) is 11.7 Å². The zero-order chi connectivity index (χ0) is 13.7. The van der Waals surface area contributed by atoms with Gasteiger partial charge < -0.3 is 14.5 Å². The molecule has 0 saturated heterocycles. The number of nitrogens with zero attached hydrogens (tertiary/aromatic N) is 1. The molecule has 0 aliphatic rings. The van der Waals surface area contributed by atoms with E-state index in [2.05, 4.69) is 9.97 Å². The number of aromatic nitrogens is 2. The number of ether oxygens (including phenoxy) is 2. The summed E-state index contributed by atoms with van der Waals surface area (Å²) in [4.78, 5) is 29.9. The van der Waals surface area contributed by atoms with Crippen molar-refractivity contribution >= 4 is 11.8 Å². The van der Waals surface area contributed by atoms with Crippen LogP contribution in [-0.4, -0.2) is 35.4 Å². The highest BCUT2D eigenvalue weighted by Crippen LogP contribution is 2.08. The molecular formula is C13H12N2O4. The number of rotatable bonds is 5. The van der Waals surface area contributed by atoms with Crippen LogP contribution in [-0.2, 0) is 4.74 Å². The molecule has 2 heterocycles. The molecule has 0 aromatic carbocycles. The number of nitrogens with one attached hydrogen (secondary N) is 1. The topological polar surface area (TPSA) is 81.3 Å². The van der Waals surface area contributed by atoms with Crippen LogP contribution in [0.3, 0.4) is 0 Å². The first kappa shape index (κ1) is 12.8. The second-order valence-electron chi connectivity index (χ2n) is 3.67. The lowest BCUT2D eigenvalue weighted by Gasteiger charge is -2.04. The second-order valence-corrected chi connectivity index (χ2v) is 3.67. The van der Waals surface area contributed by atoms with Gasteiger partial charge in [-0.1, -0.05) is 0 Å². The molecule has 0 unspecified atom stereocenters. The number of hydrogen-bond acceptors (Lipinski definition) is 5. The molecule has 0 radical (unpaired) electrons. The van der Waals surface area contributed by atoms with E-state index in [1.807, 2.05) is 0 Å². The fourth-order valence-corrected chi connectivity index (χ4v) is 1.42. The smallest absolute Gasteiger partial charge is 0.340 e. The molecule has 0 aliphatic heterocycles. The van der Waals surface area contributed by atoms with Crippen LogP contribution in [0, 0.1) is 0 Å². The first-order valence-electron chi connectivity index (χ1n) is 5.54. The van der Waals surface area contributed by atoms with Crippen LogP contribution in [0.25, 0.3) is 0 Å². The van der Waals surface area contributed by atoms with E-state index in [0.29, 0.717) is 11.6 Å². The molecule has 0 amide bonds. The Balaban J connectivity index is 1.92. The van der Waals surface area contributed by atoms with Gasteiger partial charge in [0.05, 0.1) is 18.4 Å². The fourth-order valence-electron chi connectivity index (χ4n) is 1.42. The average molecular weight is 260 g/mol. The largest absolute Gasteiger partial charge is 0.481 e. The molecule has 6 nitrogen and oxygen atoms in total. The lowest BCUT2D eigenvalue weighted by molar-refractivity contribution is 0.0473. The zero-order valence-corrected chi connectivity index (χ0v) is 10.3. The normalized spacial score (nSPS) is 9.95. The number of esters is 1. The molecule has 2 rings (SSSR count). The summed E-state index contributed by atoms with van der Waals surface area (Å²) in [6.07, 6.45) is 2.96. The van der Waals surface area contributed by atoms with Crippen molar-refractivity contribution in [2.75, 3.05) is 13.7 Å². The monoisotopic (exact) mass is 260 g/mol. The first-order valence-corrected chi connectivity index (χ1v) is 5.54. The van der Waals surface area contributed by atoms with Crippen LogP contribution in [0.15, 0.2) is 36.7 Å². The molecule has 98 valence electrons. The molecule has 0 atom stereocenters. The van der Waals surface area contributed by atoms with Crippen molar-refractivity contribution in [1.82, 2.24) is 9.97 Å². The third-order valence-corrected chi connectivity index (χ3v) is 2.41. The fraction of sp³-hybridized carbons (Fsp3) is 0.154. The van der Waals surface area contributed by atoms with Crippen molar-refractivity contribution in [3.05, 3.63) is 47.9 Å². The van der Waals surface area contributed by atoms with Gasteiger partial charge in [-0.2, -0.15) is 0 Å². The van der Waals surface area contributed by atoms with E-state index in [0.717, 1.165) is 0 Å². The molecule has 0 aliphatic carbocycles. The molecule has 0 bridgehead atoms. The van der Waals surface area contributed by atoms with Gasteiger partial charge in [0.1, 0.15) is 0 Å². The first-order chi connectivity index (χ1) is 9.20. The molecular weight excluding hydrogens is 248 g/mol. The number of H-pyrrole nitrogens is 1. The summed E-state index contributed by atoms with van der Waals surface area (Å²) in [7, 11) is 1.48. The summed E-state index contributed by atoms with van der Waals surface area (Å²) in [5.74, 6) is -0.492.